The van der Waals surface area contributed by atoms with Crippen molar-refractivity contribution in [2.24, 2.45) is 11.3 Å². The SMILES string of the molecule is O=C(NC1CC1)[C@@H]1CN(C(=O)NCc2cccc(F)c2)CC12CCOCC2. The Hall–Kier alpha value is -2.15. The molecule has 3 amide bonds. The second kappa shape index (κ2) is 7.46. The minimum Gasteiger partial charge on any atom is -0.381 e. The number of benzene rings is 1. The molecule has 7 heteroatoms. The van der Waals surface area contributed by atoms with Gasteiger partial charge in [-0.1, -0.05) is 12.1 Å². The van der Waals surface area contributed by atoms with E-state index in [1.165, 1.54) is 12.1 Å². The summed E-state index contributed by atoms with van der Waals surface area (Å²) in [6.07, 6.45) is 3.69. The monoisotopic (exact) mass is 375 g/mol. The average molecular weight is 375 g/mol. The van der Waals surface area contributed by atoms with E-state index >= 15 is 0 Å². The van der Waals surface area contributed by atoms with Crippen molar-refractivity contribution in [2.45, 2.75) is 38.3 Å². The summed E-state index contributed by atoms with van der Waals surface area (Å²) in [5.74, 6) is -0.442. The van der Waals surface area contributed by atoms with Crippen molar-refractivity contribution >= 4 is 11.9 Å². The molecule has 1 spiro atoms. The van der Waals surface area contributed by atoms with Crippen LogP contribution in [0.1, 0.15) is 31.2 Å². The van der Waals surface area contributed by atoms with Crippen molar-refractivity contribution in [1.82, 2.24) is 15.5 Å². The Kier molecular flexibility index (Phi) is 5.04. The summed E-state index contributed by atoms with van der Waals surface area (Å²) in [5, 5.41) is 5.97. The predicted octanol–water partition coefficient (Wildman–Crippen LogP) is 2.04. The Bertz CT molecular complexity index is 716. The van der Waals surface area contributed by atoms with Gasteiger partial charge in [0.05, 0.1) is 5.92 Å². The highest BCUT2D eigenvalue weighted by molar-refractivity contribution is 5.83. The zero-order valence-electron chi connectivity index (χ0n) is 15.4. The highest BCUT2D eigenvalue weighted by Gasteiger charge is 2.52. The van der Waals surface area contributed by atoms with E-state index < -0.39 is 0 Å². The molecule has 2 heterocycles. The van der Waals surface area contributed by atoms with Crippen LogP contribution in [0.15, 0.2) is 24.3 Å². The second-order valence-corrected chi connectivity index (χ2v) is 7.98. The Morgan fingerprint density at radius 3 is 2.74 bits per heavy atom. The van der Waals surface area contributed by atoms with Crippen molar-refractivity contribution in [3.05, 3.63) is 35.6 Å². The van der Waals surface area contributed by atoms with Gasteiger partial charge in [0.25, 0.3) is 0 Å². The fourth-order valence-electron chi connectivity index (χ4n) is 4.23. The topological polar surface area (TPSA) is 70.7 Å². The number of ether oxygens (including phenoxy) is 1. The molecule has 1 aliphatic carbocycles. The molecule has 1 aromatic rings. The van der Waals surface area contributed by atoms with Crippen LogP contribution in [0.3, 0.4) is 0 Å². The Morgan fingerprint density at radius 1 is 1.26 bits per heavy atom. The number of nitrogens with one attached hydrogen (secondary N) is 2. The van der Waals surface area contributed by atoms with Crippen LogP contribution in [0.4, 0.5) is 9.18 Å². The van der Waals surface area contributed by atoms with Gasteiger partial charge in [-0.3, -0.25) is 4.79 Å². The predicted molar refractivity (Wildman–Crippen MR) is 97.3 cm³/mol. The van der Waals surface area contributed by atoms with Gasteiger partial charge in [-0.25, -0.2) is 9.18 Å². The molecule has 0 bridgehead atoms. The first kappa shape index (κ1) is 18.2. The average Bonchev–Trinajstić information content (AvgIpc) is 3.40. The first-order valence-electron chi connectivity index (χ1n) is 9.71. The lowest BCUT2D eigenvalue weighted by Crippen LogP contribution is -2.45. The van der Waals surface area contributed by atoms with Crippen LogP contribution < -0.4 is 10.6 Å². The van der Waals surface area contributed by atoms with Gasteiger partial charge in [-0.15, -0.1) is 0 Å². The number of likely N-dealkylation sites (tertiary alicyclic amines) is 1. The molecule has 146 valence electrons. The largest absolute Gasteiger partial charge is 0.381 e. The standard InChI is InChI=1S/C20H26FN3O3/c21-15-3-1-2-14(10-15)11-22-19(26)24-12-17(18(25)23-16-4-5-16)20(13-24)6-8-27-9-7-20/h1-3,10,16-17H,4-9,11-13H2,(H,22,26)(H,23,25)/t17-/m0/s1. The third kappa shape index (κ3) is 4.08. The van der Waals surface area contributed by atoms with Crippen LogP contribution >= 0.6 is 0 Å². The van der Waals surface area contributed by atoms with Crippen molar-refractivity contribution in [3.63, 3.8) is 0 Å². The number of halogens is 1. The van der Waals surface area contributed by atoms with E-state index in [0.29, 0.717) is 37.9 Å². The quantitative estimate of drug-likeness (QED) is 0.846. The zero-order chi connectivity index (χ0) is 18.9. The lowest BCUT2D eigenvalue weighted by atomic mass is 9.71. The molecule has 6 nitrogen and oxygen atoms in total. The summed E-state index contributed by atoms with van der Waals surface area (Å²) in [4.78, 5) is 27.2. The van der Waals surface area contributed by atoms with Crippen LogP contribution in [-0.2, 0) is 16.1 Å². The molecular weight excluding hydrogens is 349 g/mol. The smallest absolute Gasteiger partial charge is 0.317 e. The normalized spacial score (nSPS) is 24.0. The molecule has 1 aromatic carbocycles. The van der Waals surface area contributed by atoms with Crippen LogP contribution in [0, 0.1) is 17.2 Å². The highest BCUT2D eigenvalue weighted by Crippen LogP contribution is 2.44. The van der Waals surface area contributed by atoms with Gasteiger partial charge in [0.1, 0.15) is 5.82 Å². The summed E-state index contributed by atoms with van der Waals surface area (Å²) in [7, 11) is 0. The molecule has 27 heavy (non-hydrogen) atoms. The number of rotatable bonds is 4. The number of hydrogen-bond acceptors (Lipinski definition) is 3. The molecular formula is C20H26FN3O3. The number of amides is 3. The second-order valence-electron chi connectivity index (χ2n) is 7.98. The summed E-state index contributed by atoms with van der Waals surface area (Å²) in [5.41, 5.74) is 0.513. The summed E-state index contributed by atoms with van der Waals surface area (Å²) in [6.45, 7) is 2.52. The first-order valence-corrected chi connectivity index (χ1v) is 9.71. The molecule has 0 unspecified atom stereocenters. The highest BCUT2D eigenvalue weighted by atomic mass is 19.1. The maximum atomic E-state index is 13.3. The molecule has 1 saturated carbocycles. The summed E-state index contributed by atoms with van der Waals surface area (Å²) >= 11 is 0. The van der Waals surface area contributed by atoms with Gasteiger partial charge >= 0.3 is 6.03 Å². The van der Waals surface area contributed by atoms with E-state index in [4.69, 9.17) is 4.74 Å². The van der Waals surface area contributed by atoms with E-state index in [1.54, 1.807) is 17.0 Å². The van der Waals surface area contributed by atoms with Crippen LogP contribution in [-0.4, -0.2) is 49.2 Å². The van der Waals surface area contributed by atoms with Crippen molar-refractivity contribution in [2.75, 3.05) is 26.3 Å². The number of carbonyl (C=O) groups excluding carboxylic acids is 2. The van der Waals surface area contributed by atoms with Crippen molar-refractivity contribution in [1.29, 1.82) is 0 Å². The van der Waals surface area contributed by atoms with Crippen LogP contribution in [0.5, 0.6) is 0 Å². The Balaban J connectivity index is 1.41. The van der Waals surface area contributed by atoms with E-state index in [-0.39, 0.29) is 35.6 Å². The molecule has 2 N–H and O–H groups in total. The number of carbonyl (C=O) groups is 2. The fraction of sp³-hybridized carbons (Fsp3) is 0.600. The molecule has 0 aromatic heterocycles. The van der Waals surface area contributed by atoms with Gasteiger partial charge < -0.3 is 20.3 Å². The van der Waals surface area contributed by atoms with Crippen molar-refractivity contribution < 1.29 is 18.7 Å². The molecule has 3 aliphatic rings. The lowest BCUT2D eigenvalue weighted by Gasteiger charge is -2.37. The van der Waals surface area contributed by atoms with E-state index in [0.717, 1.165) is 25.7 Å². The van der Waals surface area contributed by atoms with Gasteiger partial charge in [0.15, 0.2) is 0 Å². The van der Waals surface area contributed by atoms with Crippen LogP contribution in [0.2, 0.25) is 0 Å². The lowest BCUT2D eigenvalue weighted by molar-refractivity contribution is -0.130. The summed E-state index contributed by atoms with van der Waals surface area (Å²) in [6, 6.07) is 6.30. The molecule has 2 saturated heterocycles. The maximum absolute atomic E-state index is 13.3. The van der Waals surface area contributed by atoms with Gasteiger partial charge in [0.2, 0.25) is 5.91 Å². The molecule has 4 rings (SSSR count). The van der Waals surface area contributed by atoms with Gasteiger partial charge in [0, 0.05) is 44.3 Å². The fourth-order valence-corrected chi connectivity index (χ4v) is 4.23. The number of urea groups is 1. The minimum absolute atomic E-state index is 0.0693. The maximum Gasteiger partial charge on any atom is 0.317 e. The zero-order valence-corrected chi connectivity index (χ0v) is 15.4. The molecule has 0 radical (unpaired) electrons. The van der Waals surface area contributed by atoms with Crippen LogP contribution in [0.25, 0.3) is 0 Å². The summed E-state index contributed by atoms with van der Waals surface area (Å²) < 4.78 is 18.8. The Labute approximate surface area is 158 Å². The minimum atomic E-state index is -0.319. The van der Waals surface area contributed by atoms with E-state index in [2.05, 4.69) is 10.6 Å². The molecule has 2 aliphatic heterocycles. The first-order chi connectivity index (χ1) is 13.1. The van der Waals surface area contributed by atoms with E-state index in [9.17, 15) is 14.0 Å². The number of hydrogen-bond donors (Lipinski definition) is 2. The van der Waals surface area contributed by atoms with Gasteiger partial charge in [-0.2, -0.15) is 0 Å². The van der Waals surface area contributed by atoms with Crippen molar-refractivity contribution in [3.8, 4) is 0 Å². The van der Waals surface area contributed by atoms with Gasteiger partial charge in [-0.05, 0) is 43.4 Å². The third-order valence-corrected chi connectivity index (χ3v) is 6.00. The molecule has 1 atom stereocenters. The molecule has 3 fully saturated rings. The third-order valence-electron chi connectivity index (χ3n) is 6.00. The Morgan fingerprint density at radius 2 is 2.04 bits per heavy atom. The van der Waals surface area contributed by atoms with E-state index in [1.807, 2.05) is 0 Å². The number of nitrogens with zero attached hydrogens (tertiary/aromatic N) is 1.